The fourth-order valence-corrected chi connectivity index (χ4v) is 2.81. The van der Waals surface area contributed by atoms with Gasteiger partial charge in [-0.1, -0.05) is 28.1 Å². The molecule has 0 N–H and O–H groups in total. The van der Waals surface area contributed by atoms with E-state index in [1.54, 1.807) is 36.4 Å². The van der Waals surface area contributed by atoms with Crippen LogP contribution in [0.5, 0.6) is 5.75 Å². The van der Waals surface area contributed by atoms with Crippen molar-refractivity contribution in [2.45, 2.75) is 12.8 Å². The van der Waals surface area contributed by atoms with Gasteiger partial charge in [-0.25, -0.2) is 4.39 Å². The number of unbranched alkanes of at least 4 members (excludes halogenated alkanes) is 1. The van der Waals surface area contributed by atoms with Crippen molar-refractivity contribution in [2.75, 3.05) is 11.9 Å². The summed E-state index contributed by atoms with van der Waals surface area (Å²) in [4.78, 5) is 12.8. The van der Waals surface area contributed by atoms with Gasteiger partial charge >= 0.3 is 0 Å². The summed E-state index contributed by atoms with van der Waals surface area (Å²) in [6, 6.07) is 12.8. The maximum atomic E-state index is 13.2. The minimum Gasteiger partial charge on any atom is -0.486 e. The third kappa shape index (κ3) is 3.51. The van der Waals surface area contributed by atoms with Crippen LogP contribution in [0, 0.1) is 5.82 Å². The number of hydrogen-bond acceptors (Lipinski definition) is 3. The van der Waals surface area contributed by atoms with Gasteiger partial charge in [0.05, 0.1) is 12.0 Å². The van der Waals surface area contributed by atoms with E-state index in [-0.39, 0.29) is 17.0 Å². The standard InChI is InChI=1S/C19H16BrFO3/c20-11-3-4-12-23-19-17(22)15-5-1-2-6-16(15)24-18(19)13-7-9-14(21)10-8-13/h1-2,5-10H,3-4,11-12H2. The molecule has 3 aromatic rings. The number of halogens is 2. The van der Waals surface area contributed by atoms with Crippen molar-refractivity contribution in [3.8, 4) is 17.1 Å². The topological polar surface area (TPSA) is 39.4 Å². The molecule has 2 aromatic carbocycles. The molecule has 0 bridgehead atoms. The van der Waals surface area contributed by atoms with E-state index >= 15 is 0 Å². The molecule has 0 saturated heterocycles. The highest BCUT2D eigenvalue weighted by Gasteiger charge is 2.17. The summed E-state index contributed by atoms with van der Waals surface area (Å²) in [6.07, 6.45) is 1.77. The monoisotopic (exact) mass is 390 g/mol. The quantitative estimate of drug-likeness (QED) is 0.431. The average Bonchev–Trinajstić information content (AvgIpc) is 2.61. The second-order valence-corrected chi connectivity index (χ2v) is 6.13. The summed E-state index contributed by atoms with van der Waals surface area (Å²) < 4.78 is 24.8. The molecular formula is C19H16BrFO3. The van der Waals surface area contributed by atoms with Crippen molar-refractivity contribution in [1.82, 2.24) is 0 Å². The van der Waals surface area contributed by atoms with E-state index in [1.165, 1.54) is 12.1 Å². The molecule has 0 amide bonds. The van der Waals surface area contributed by atoms with Crippen molar-refractivity contribution < 1.29 is 13.5 Å². The van der Waals surface area contributed by atoms with Crippen molar-refractivity contribution in [2.24, 2.45) is 0 Å². The Balaban J connectivity index is 2.10. The molecule has 0 aliphatic rings. The SMILES string of the molecule is O=c1c(OCCCCBr)c(-c2ccc(F)cc2)oc2ccccc12. The lowest BCUT2D eigenvalue weighted by Crippen LogP contribution is -2.11. The molecule has 0 saturated carbocycles. The molecule has 3 rings (SSSR count). The van der Waals surface area contributed by atoms with Crippen LogP contribution in [0.25, 0.3) is 22.3 Å². The molecule has 24 heavy (non-hydrogen) atoms. The first-order valence-corrected chi connectivity index (χ1v) is 8.83. The van der Waals surface area contributed by atoms with Crippen LogP contribution >= 0.6 is 15.9 Å². The Morgan fingerprint density at radius 1 is 1.04 bits per heavy atom. The summed E-state index contributed by atoms with van der Waals surface area (Å²) in [7, 11) is 0. The van der Waals surface area contributed by atoms with Crippen molar-refractivity contribution >= 4 is 26.9 Å². The minimum atomic E-state index is -0.346. The summed E-state index contributed by atoms with van der Waals surface area (Å²) in [5, 5.41) is 1.35. The van der Waals surface area contributed by atoms with Crippen molar-refractivity contribution in [1.29, 1.82) is 0 Å². The van der Waals surface area contributed by atoms with E-state index < -0.39 is 0 Å². The Morgan fingerprint density at radius 2 is 1.79 bits per heavy atom. The number of ether oxygens (including phenoxy) is 1. The number of benzene rings is 2. The first-order chi connectivity index (χ1) is 11.7. The van der Waals surface area contributed by atoms with Gasteiger partial charge in [0.2, 0.25) is 11.2 Å². The molecule has 1 heterocycles. The zero-order chi connectivity index (χ0) is 16.9. The van der Waals surface area contributed by atoms with Crippen LogP contribution in [0.1, 0.15) is 12.8 Å². The smallest absolute Gasteiger partial charge is 0.235 e. The fourth-order valence-electron chi connectivity index (χ4n) is 2.42. The summed E-state index contributed by atoms with van der Waals surface area (Å²) >= 11 is 3.37. The molecule has 3 nitrogen and oxygen atoms in total. The van der Waals surface area contributed by atoms with E-state index in [9.17, 15) is 9.18 Å². The number of fused-ring (bicyclic) bond motifs is 1. The first-order valence-electron chi connectivity index (χ1n) is 7.71. The van der Waals surface area contributed by atoms with Crippen LogP contribution in [0.4, 0.5) is 4.39 Å². The highest BCUT2D eigenvalue weighted by atomic mass is 79.9. The van der Waals surface area contributed by atoms with Gasteiger partial charge in [-0.3, -0.25) is 4.79 Å². The van der Waals surface area contributed by atoms with Gasteiger partial charge in [-0.2, -0.15) is 0 Å². The van der Waals surface area contributed by atoms with Crippen LogP contribution in [0.3, 0.4) is 0 Å². The Morgan fingerprint density at radius 3 is 2.54 bits per heavy atom. The number of rotatable bonds is 6. The van der Waals surface area contributed by atoms with Gasteiger partial charge in [0.15, 0.2) is 5.76 Å². The zero-order valence-electron chi connectivity index (χ0n) is 12.9. The predicted molar refractivity (Wildman–Crippen MR) is 96.4 cm³/mol. The lowest BCUT2D eigenvalue weighted by Gasteiger charge is -2.11. The molecule has 0 atom stereocenters. The van der Waals surface area contributed by atoms with E-state index in [0.29, 0.717) is 28.9 Å². The Bertz CT molecular complexity index is 887. The van der Waals surface area contributed by atoms with E-state index in [4.69, 9.17) is 9.15 Å². The maximum absolute atomic E-state index is 13.2. The second kappa shape index (κ2) is 7.62. The fraction of sp³-hybridized carbons (Fsp3) is 0.211. The first kappa shape index (κ1) is 16.7. The molecule has 0 spiro atoms. The molecule has 0 unspecified atom stereocenters. The normalized spacial score (nSPS) is 10.9. The highest BCUT2D eigenvalue weighted by molar-refractivity contribution is 9.09. The Labute approximate surface area is 147 Å². The molecule has 0 fully saturated rings. The van der Waals surface area contributed by atoms with Gasteiger partial charge in [0.1, 0.15) is 11.4 Å². The van der Waals surface area contributed by atoms with Crippen LogP contribution < -0.4 is 10.2 Å². The molecule has 0 radical (unpaired) electrons. The number of alkyl halides is 1. The maximum Gasteiger partial charge on any atom is 0.235 e. The van der Waals surface area contributed by atoms with Crippen molar-refractivity contribution in [3.63, 3.8) is 0 Å². The van der Waals surface area contributed by atoms with E-state index in [0.717, 1.165) is 18.2 Å². The lowest BCUT2D eigenvalue weighted by molar-refractivity contribution is 0.302. The van der Waals surface area contributed by atoms with Crippen molar-refractivity contribution in [3.05, 3.63) is 64.6 Å². The van der Waals surface area contributed by atoms with Gasteiger partial charge in [0, 0.05) is 10.9 Å². The molecule has 0 aliphatic heterocycles. The second-order valence-electron chi connectivity index (χ2n) is 5.34. The molecule has 0 aliphatic carbocycles. The average molecular weight is 391 g/mol. The Kier molecular flexibility index (Phi) is 5.30. The van der Waals surface area contributed by atoms with Crippen LogP contribution in [0.15, 0.2) is 57.7 Å². The molecule has 124 valence electrons. The van der Waals surface area contributed by atoms with Gasteiger partial charge in [-0.05, 0) is 49.2 Å². The summed E-state index contributed by atoms with van der Waals surface area (Å²) in [5.41, 5.74) is 0.874. The van der Waals surface area contributed by atoms with E-state index in [2.05, 4.69) is 15.9 Å². The van der Waals surface area contributed by atoms with Gasteiger partial charge in [-0.15, -0.1) is 0 Å². The van der Waals surface area contributed by atoms with Gasteiger partial charge in [0.25, 0.3) is 0 Å². The third-order valence-electron chi connectivity index (χ3n) is 3.64. The Hall–Kier alpha value is -2.14. The largest absolute Gasteiger partial charge is 0.486 e. The predicted octanol–water partition coefficient (Wildman–Crippen LogP) is 5.15. The minimum absolute atomic E-state index is 0.176. The molecular weight excluding hydrogens is 375 g/mol. The zero-order valence-corrected chi connectivity index (χ0v) is 14.5. The number of para-hydroxylation sites is 1. The summed E-state index contributed by atoms with van der Waals surface area (Å²) in [6.45, 7) is 0.420. The third-order valence-corrected chi connectivity index (χ3v) is 4.20. The van der Waals surface area contributed by atoms with E-state index in [1.807, 2.05) is 0 Å². The molecule has 5 heteroatoms. The van der Waals surface area contributed by atoms with Crippen LogP contribution in [-0.4, -0.2) is 11.9 Å². The number of hydrogen-bond donors (Lipinski definition) is 0. The highest BCUT2D eigenvalue weighted by Crippen LogP contribution is 2.31. The van der Waals surface area contributed by atoms with Crippen LogP contribution in [-0.2, 0) is 0 Å². The summed E-state index contributed by atoms with van der Waals surface area (Å²) in [5.74, 6) is 0.161. The van der Waals surface area contributed by atoms with Crippen LogP contribution in [0.2, 0.25) is 0 Å². The van der Waals surface area contributed by atoms with Gasteiger partial charge < -0.3 is 9.15 Å². The lowest BCUT2D eigenvalue weighted by atomic mass is 10.1. The molecule has 1 aromatic heterocycles.